The molecule has 1 fully saturated rings. The number of methoxy groups -OCH3 is 3. The van der Waals surface area contributed by atoms with Gasteiger partial charge in [0, 0.05) is 31.7 Å². The molecule has 0 aromatic heterocycles. The summed E-state index contributed by atoms with van der Waals surface area (Å²) in [5.41, 5.74) is 1.09. The highest BCUT2D eigenvalue weighted by molar-refractivity contribution is 8.05. The lowest BCUT2D eigenvalue weighted by Gasteiger charge is -2.26. The molecule has 2 aromatic rings. The summed E-state index contributed by atoms with van der Waals surface area (Å²) in [4.78, 5) is 28.6. The van der Waals surface area contributed by atoms with E-state index in [0.29, 0.717) is 57.0 Å². The number of nitrogens with one attached hydrogen (secondary N) is 1. The van der Waals surface area contributed by atoms with Crippen LogP contribution in [0.1, 0.15) is 15.9 Å². The van der Waals surface area contributed by atoms with Crippen molar-refractivity contribution in [1.29, 1.82) is 0 Å². The monoisotopic (exact) mass is 456 g/mol. The summed E-state index contributed by atoms with van der Waals surface area (Å²) in [5, 5.41) is 3.20. The molecule has 2 heterocycles. The number of thioether (sulfide) groups is 1. The summed E-state index contributed by atoms with van der Waals surface area (Å²) in [6, 6.07) is 8.76. The number of allylic oxidation sites excluding steroid dienone is 1. The number of Topliss-reactive ketones (excluding diaryl/α,β-unsaturated/α-hetero) is 1. The van der Waals surface area contributed by atoms with Gasteiger partial charge < -0.3 is 29.2 Å². The van der Waals surface area contributed by atoms with E-state index in [1.807, 2.05) is 12.1 Å². The highest BCUT2D eigenvalue weighted by Crippen LogP contribution is 2.50. The van der Waals surface area contributed by atoms with Crippen LogP contribution in [0.3, 0.4) is 0 Å². The number of fused-ring (bicyclic) bond motifs is 1. The van der Waals surface area contributed by atoms with Crippen molar-refractivity contribution < 1.29 is 28.5 Å². The molecule has 0 unspecified atom stereocenters. The van der Waals surface area contributed by atoms with E-state index in [0.717, 1.165) is 13.1 Å². The van der Waals surface area contributed by atoms with Gasteiger partial charge in [-0.15, -0.1) is 0 Å². The van der Waals surface area contributed by atoms with Crippen molar-refractivity contribution in [1.82, 2.24) is 10.2 Å². The number of benzene rings is 2. The molecule has 1 N–H and O–H groups in total. The van der Waals surface area contributed by atoms with E-state index in [9.17, 15) is 9.59 Å². The molecule has 0 spiro atoms. The molecular weight excluding hydrogens is 432 g/mol. The number of piperazine rings is 1. The summed E-state index contributed by atoms with van der Waals surface area (Å²) in [5.74, 6) is 1.66. The number of carbonyl (C=O) groups is 2. The lowest BCUT2D eigenvalue weighted by atomic mass is 10.1. The van der Waals surface area contributed by atoms with E-state index in [1.165, 1.54) is 18.9 Å². The van der Waals surface area contributed by atoms with Crippen molar-refractivity contribution in [3.8, 4) is 23.0 Å². The van der Waals surface area contributed by atoms with E-state index in [-0.39, 0.29) is 5.78 Å². The average Bonchev–Trinajstić information content (AvgIpc) is 3.16. The molecule has 1 saturated heterocycles. The van der Waals surface area contributed by atoms with Gasteiger partial charge >= 0.3 is 6.09 Å². The van der Waals surface area contributed by atoms with Gasteiger partial charge in [0.15, 0.2) is 11.5 Å². The Morgan fingerprint density at radius 2 is 1.72 bits per heavy atom. The highest BCUT2D eigenvalue weighted by atomic mass is 32.2. The molecule has 168 valence electrons. The van der Waals surface area contributed by atoms with Crippen molar-refractivity contribution >= 4 is 29.7 Å². The Morgan fingerprint density at radius 1 is 1.00 bits per heavy atom. The second-order valence-electron chi connectivity index (χ2n) is 7.10. The van der Waals surface area contributed by atoms with E-state index in [2.05, 4.69) is 5.32 Å². The fourth-order valence-electron chi connectivity index (χ4n) is 3.66. The zero-order valence-electron chi connectivity index (χ0n) is 18.1. The zero-order chi connectivity index (χ0) is 22.7. The fraction of sp³-hybridized carbons (Fsp3) is 0.304. The second kappa shape index (κ2) is 9.54. The number of ketones is 1. The third-order valence-electron chi connectivity index (χ3n) is 5.26. The minimum Gasteiger partial charge on any atom is -0.496 e. The van der Waals surface area contributed by atoms with Crippen LogP contribution in [0, 0.1) is 0 Å². The van der Waals surface area contributed by atoms with Crippen molar-refractivity contribution in [2.75, 3.05) is 47.5 Å². The molecule has 2 aromatic carbocycles. The number of hydrogen-bond acceptors (Lipinski definition) is 8. The molecule has 2 aliphatic heterocycles. The van der Waals surface area contributed by atoms with Crippen LogP contribution in [0.5, 0.6) is 23.0 Å². The molecule has 8 nitrogen and oxygen atoms in total. The second-order valence-corrected chi connectivity index (χ2v) is 8.15. The molecule has 9 heteroatoms. The van der Waals surface area contributed by atoms with E-state index in [4.69, 9.17) is 18.9 Å². The molecule has 0 radical (unpaired) electrons. The van der Waals surface area contributed by atoms with Crippen LogP contribution in [0.4, 0.5) is 4.79 Å². The van der Waals surface area contributed by atoms with E-state index < -0.39 is 6.09 Å². The first kappa shape index (κ1) is 22.0. The summed E-state index contributed by atoms with van der Waals surface area (Å²) in [7, 11) is 4.62. The molecule has 2 aliphatic rings. The Morgan fingerprint density at radius 3 is 2.41 bits per heavy atom. The minimum atomic E-state index is -0.432. The van der Waals surface area contributed by atoms with Gasteiger partial charge in [0.2, 0.25) is 5.78 Å². The smallest absolute Gasteiger partial charge is 0.415 e. The van der Waals surface area contributed by atoms with Crippen molar-refractivity contribution in [3.63, 3.8) is 0 Å². The van der Waals surface area contributed by atoms with Crippen LogP contribution < -0.4 is 24.3 Å². The Labute approximate surface area is 190 Å². The van der Waals surface area contributed by atoms with Crippen LogP contribution in [-0.4, -0.2) is 64.3 Å². The third-order valence-corrected chi connectivity index (χ3v) is 6.39. The van der Waals surface area contributed by atoms with Gasteiger partial charge in [0.05, 0.1) is 36.7 Å². The third kappa shape index (κ3) is 4.13. The minimum absolute atomic E-state index is 0.202. The van der Waals surface area contributed by atoms with Crippen molar-refractivity contribution in [2.45, 2.75) is 4.90 Å². The maximum atomic E-state index is 13.3. The van der Waals surface area contributed by atoms with E-state index >= 15 is 0 Å². The van der Waals surface area contributed by atoms with Gasteiger partial charge in [-0.25, -0.2) is 4.79 Å². The van der Waals surface area contributed by atoms with Crippen molar-refractivity contribution in [3.05, 3.63) is 46.4 Å². The van der Waals surface area contributed by atoms with Gasteiger partial charge in [0.1, 0.15) is 11.5 Å². The standard InChI is InChI=1S/C23H24N2O6S/c1-28-15-7-8-17(31-23(27)25-11-9-24-10-12-25)22-19(15)20(26)18(32-22)13-14-5-4-6-16(29-2)21(14)30-3/h4-8,13,24H,9-12H2,1-3H3/b18-13-. The Kier molecular flexibility index (Phi) is 6.57. The number of ether oxygens (including phenoxy) is 4. The first-order valence-electron chi connectivity index (χ1n) is 10.1. The maximum Gasteiger partial charge on any atom is 0.415 e. The number of rotatable bonds is 5. The summed E-state index contributed by atoms with van der Waals surface area (Å²) < 4.78 is 21.9. The lowest BCUT2D eigenvalue weighted by molar-refractivity contribution is 0.104. The van der Waals surface area contributed by atoms with Gasteiger partial charge in [-0.1, -0.05) is 23.9 Å². The van der Waals surface area contributed by atoms with Gasteiger partial charge in [-0.3, -0.25) is 4.79 Å². The first-order valence-corrected chi connectivity index (χ1v) is 10.9. The van der Waals surface area contributed by atoms with Crippen LogP contribution in [0.2, 0.25) is 0 Å². The van der Waals surface area contributed by atoms with Gasteiger partial charge in [0.25, 0.3) is 0 Å². The molecule has 0 atom stereocenters. The summed E-state index contributed by atoms with van der Waals surface area (Å²) >= 11 is 1.24. The Hall–Kier alpha value is -3.17. The molecule has 1 amide bonds. The summed E-state index contributed by atoms with van der Waals surface area (Å²) in [6.45, 7) is 2.59. The predicted molar refractivity (Wildman–Crippen MR) is 121 cm³/mol. The Bertz CT molecular complexity index is 1080. The number of amides is 1. The van der Waals surface area contributed by atoms with Crippen LogP contribution >= 0.6 is 11.8 Å². The molecule has 0 aliphatic carbocycles. The normalized spacial score (nSPS) is 16.7. The Balaban J connectivity index is 1.68. The molecular formula is C23H24N2O6S. The number of nitrogens with zero attached hydrogens (tertiary/aromatic N) is 1. The largest absolute Gasteiger partial charge is 0.496 e. The van der Waals surface area contributed by atoms with Gasteiger partial charge in [-0.2, -0.15) is 0 Å². The quantitative estimate of drug-likeness (QED) is 0.685. The first-order chi connectivity index (χ1) is 15.6. The van der Waals surface area contributed by atoms with E-state index in [1.54, 1.807) is 43.4 Å². The predicted octanol–water partition coefficient (Wildman–Crippen LogP) is 3.45. The number of carbonyl (C=O) groups excluding carboxylic acids is 2. The van der Waals surface area contributed by atoms with Crippen LogP contribution in [-0.2, 0) is 0 Å². The van der Waals surface area contributed by atoms with Crippen LogP contribution in [0.25, 0.3) is 6.08 Å². The topological polar surface area (TPSA) is 86.3 Å². The SMILES string of the molecule is COc1cccc(/C=C2\Sc3c(OC(=O)N4CCNCC4)ccc(OC)c3C2=O)c1OC. The number of hydrogen-bond donors (Lipinski definition) is 1. The molecule has 0 saturated carbocycles. The van der Waals surface area contributed by atoms with Crippen molar-refractivity contribution in [2.24, 2.45) is 0 Å². The van der Waals surface area contributed by atoms with Gasteiger partial charge in [-0.05, 0) is 24.3 Å². The fourth-order valence-corrected chi connectivity index (χ4v) is 4.77. The molecule has 0 bridgehead atoms. The highest BCUT2D eigenvalue weighted by Gasteiger charge is 2.34. The maximum absolute atomic E-state index is 13.3. The van der Waals surface area contributed by atoms with Crippen LogP contribution in [0.15, 0.2) is 40.1 Å². The number of para-hydroxylation sites is 1. The average molecular weight is 457 g/mol. The molecule has 4 rings (SSSR count). The lowest BCUT2D eigenvalue weighted by Crippen LogP contribution is -2.47. The zero-order valence-corrected chi connectivity index (χ0v) is 18.9. The molecule has 32 heavy (non-hydrogen) atoms. The summed E-state index contributed by atoms with van der Waals surface area (Å²) in [6.07, 6.45) is 1.31.